The lowest BCUT2D eigenvalue weighted by atomic mass is 10.2. The van der Waals surface area contributed by atoms with Crippen LogP contribution >= 0.6 is 11.8 Å². The molecule has 15 heavy (non-hydrogen) atoms. The molecule has 4 heteroatoms. The fourth-order valence-electron chi connectivity index (χ4n) is 1.90. The normalized spacial score (nSPS) is 25.2. The van der Waals surface area contributed by atoms with E-state index in [1.807, 2.05) is 11.8 Å². The van der Waals surface area contributed by atoms with E-state index in [2.05, 4.69) is 23.8 Å². The maximum absolute atomic E-state index is 11.4. The molecule has 2 atom stereocenters. The van der Waals surface area contributed by atoms with Gasteiger partial charge in [0.05, 0.1) is 0 Å². The third-order valence-corrected chi connectivity index (χ3v) is 3.96. The van der Waals surface area contributed by atoms with E-state index < -0.39 is 0 Å². The highest BCUT2D eigenvalue weighted by Crippen LogP contribution is 2.27. The van der Waals surface area contributed by atoms with Crippen molar-refractivity contribution >= 4 is 17.8 Å². The number of amides is 2. The smallest absolute Gasteiger partial charge is 0.315 e. The van der Waals surface area contributed by atoms with Gasteiger partial charge in [-0.2, -0.15) is 11.8 Å². The molecular formula is C11H22N2OS. The molecule has 1 fully saturated rings. The molecule has 2 unspecified atom stereocenters. The summed E-state index contributed by atoms with van der Waals surface area (Å²) < 4.78 is 0. The highest BCUT2D eigenvalue weighted by Gasteiger charge is 2.24. The largest absolute Gasteiger partial charge is 0.338 e. The van der Waals surface area contributed by atoms with Crippen molar-refractivity contribution in [3.63, 3.8) is 0 Å². The van der Waals surface area contributed by atoms with Gasteiger partial charge in [-0.05, 0) is 31.9 Å². The fourth-order valence-corrected chi connectivity index (χ4v) is 2.70. The van der Waals surface area contributed by atoms with Gasteiger partial charge < -0.3 is 10.6 Å². The van der Waals surface area contributed by atoms with Crippen LogP contribution in [0.25, 0.3) is 0 Å². The summed E-state index contributed by atoms with van der Waals surface area (Å²) in [5, 5.41) is 6.67. The average Bonchev–Trinajstić information content (AvgIpc) is 2.66. The van der Waals surface area contributed by atoms with Crippen LogP contribution < -0.4 is 10.6 Å². The van der Waals surface area contributed by atoms with Crippen molar-refractivity contribution in [2.24, 2.45) is 0 Å². The Balaban J connectivity index is 2.10. The van der Waals surface area contributed by atoms with E-state index in [1.165, 1.54) is 6.42 Å². The van der Waals surface area contributed by atoms with Crippen molar-refractivity contribution in [2.45, 2.75) is 50.3 Å². The van der Waals surface area contributed by atoms with Gasteiger partial charge in [-0.25, -0.2) is 4.79 Å². The van der Waals surface area contributed by atoms with Crippen LogP contribution in [0.2, 0.25) is 0 Å². The molecule has 0 aliphatic heterocycles. The first-order valence-corrected chi connectivity index (χ1v) is 7.12. The van der Waals surface area contributed by atoms with Crippen LogP contribution in [0.15, 0.2) is 0 Å². The maximum Gasteiger partial charge on any atom is 0.315 e. The molecule has 2 amide bonds. The Kier molecular flexibility index (Phi) is 5.91. The van der Waals surface area contributed by atoms with Crippen LogP contribution in [-0.2, 0) is 0 Å². The first kappa shape index (κ1) is 12.7. The molecule has 1 saturated carbocycles. The van der Waals surface area contributed by atoms with Crippen molar-refractivity contribution in [1.82, 2.24) is 10.6 Å². The van der Waals surface area contributed by atoms with Gasteiger partial charge in [0.15, 0.2) is 0 Å². The van der Waals surface area contributed by atoms with Crippen LogP contribution in [0.3, 0.4) is 0 Å². The lowest BCUT2D eigenvalue weighted by Crippen LogP contribution is -2.41. The highest BCUT2D eigenvalue weighted by molar-refractivity contribution is 7.99. The van der Waals surface area contributed by atoms with E-state index >= 15 is 0 Å². The minimum Gasteiger partial charge on any atom is -0.338 e. The number of carbonyl (C=O) groups is 1. The van der Waals surface area contributed by atoms with E-state index in [-0.39, 0.29) is 6.03 Å². The lowest BCUT2D eigenvalue weighted by molar-refractivity contribution is 0.237. The minimum atomic E-state index is 0.00945. The Morgan fingerprint density at radius 3 is 2.87 bits per heavy atom. The number of rotatable bonds is 5. The third kappa shape index (κ3) is 4.78. The number of carbonyl (C=O) groups excluding carboxylic acids is 1. The fraction of sp³-hybridized carbons (Fsp3) is 0.909. The van der Waals surface area contributed by atoms with Crippen LogP contribution in [0.4, 0.5) is 4.79 Å². The van der Waals surface area contributed by atoms with Gasteiger partial charge in [-0.3, -0.25) is 0 Å². The average molecular weight is 230 g/mol. The lowest BCUT2D eigenvalue weighted by Gasteiger charge is -2.13. The molecule has 1 aliphatic carbocycles. The van der Waals surface area contributed by atoms with E-state index in [1.54, 1.807) is 0 Å². The number of hydrogen-bond acceptors (Lipinski definition) is 2. The zero-order valence-corrected chi connectivity index (χ0v) is 10.5. The first-order chi connectivity index (χ1) is 7.26. The molecule has 0 aromatic rings. The molecule has 2 N–H and O–H groups in total. The molecule has 0 radical (unpaired) electrons. The standard InChI is InChI=1S/C11H22N2OS/c1-3-4-7-12-11(14)13-9-5-6-10(8-9)15-2/h9-10H,3-8H2,1-2H3,(H2,12,13,14). The molecule has 0 heterocycles. The number of unbranched alkanes of at least 4 members (excludes halogenated alkanes) is 1. The number of nitrogens with one attached hydrogen (secondary N) is 2. The monoisotopic (exact) mass is 230 g/mol. The molecular weight excluding hydrogens is 208 g/mol. The summed E-state index contributed by atoms with van der Waals surface area (Å²) in [6, 6.07) is 0.402. The zero-order chi connectivity index (χ0) is 11.1. The van der Waals surface area contributed by atoms with Gasteiger partial charge in [-0.1, -0.05) is 13.3 Å². The summed E-state index contributed by atoms with van der Waals surface area (Å²) in [7, 11) is 0. The van der Waals surface area contributed by atoms with Crippen molar-refractivity contribution in [3.05, 3.63) is 0 Å². The molecule has 1 rings (SSSR count). The molecule has 0 aromatic carbocycles. The molecule has 0 saturated heterocycles. The van der Waals surface area contributed by atoms with E-state index in [4.69, 9.17) is 0 Å². The Hall–Kier alpha value is -0.380. The Morgan fingerprint density at radius 2 is 2.27 bits per heavy atom. The number of urea groups is 1. The highest BCUT2D eigenvalue weighted by atomic mass is 32.2. The summed E-state index contributed by atoms with van der Waals surface area (Å²) in [5.74, 6) is 0. The molecule has 3 nitrogen and oxygen atoms in total. The molecule has 0 bridgehead atoms. The minimum absolute atomic E-state index is 0.00945. The Bertz CT molecular complexity index is 199. The van der Waals surface area contributed by atoms with Crippen molar-refractivity contribution < 1.29 is 4.79 Å². The van der Waals surface area contributed by atoms with Gasteiger partial charge in [-0.15, -0.1) is 0 Å². The SMILES string of the molecule is CCCCNC(=O)NC1CCC(SC)C1. The van der Waals surface area contributed by atoms with Crippen LogP contribution in [-0.4, -0.2) is 30.1 Å². The zero-order valence-electron chi connectivity index (χ0n) is 9.71. The number of thioether (sulfide) groups is 1. The van der Waals surface area contributed by atoms with Crippen molar-refractivity contribution in [1.29, 1.82) is 0 Å². The predicted octanol–water partition coefficient (Wildman–Crippen LogP) is 2.37. The third-order valence-electron chi connectivity index (χ3n) is 2.87. The second-order valence-electron chi connectivity index (χ2n) is 4.12. The maximum atomic E-state index is 11.4. The quantitative estimate of drug-likeness (QED) is 0.712. The predicted molar refractivity (Wildman–Crippen MR) is 66.4 cm³/mol. The summed E-state index contributed by atoms with van der Waals surface area (Å²) in [4.78, 5) is 11.4. The molecule has 0 spiro atoms. The van der Waals surface area contributed by atoms with Gasteiger partial charge in [0.2, 0.25) is 0 Å². The molecule has 88 valence electrons. The van der Waals surface area contributed by atoms with Crippen molar-refractivity contribution in [2.75, 3.05) is 12.8 Å². The molecule has 1 aliphatic rings. The second kappa shape index (κ2) is 6.99. The first-order valence-electron chi connectivity index (χ1n) is 5.83. The van der Waals surface area contributed by atoms with Gasteiger partial charge >= 0.3 is 6.03 Å². The van der Waals surface area contributed by atoms with Crippen LogP contribution in [0.5, 0.6) is 0 Å². The van der Waals surface area contributed by atoms with E-state index in [9.17, 15) is 4.79 Å². The van der Waals surface area contributed by atoms with Crippen LogP contribution in [0, 0.1) is 0 Å². The van der Waals surface area contributed by atoms with Gasteiger partial charge in [0.25, 0.3) is 0 Å². The summed E-state index contributed by atoms with van der Waals surface area (Å²) in [5.41, 5.74) is 0. The van der Waals surface area contributed by atoms with Gasteiger partial charge in [0, 0.05) is 17.8 Å². The molecule has 0 aromatic heterocycles. The van der Waals surface area contributed by atoms with Crippen molar-refractivity contribution in [3.8, 4) is 0 Å². The van der Waals surface area contributed by atoms with E-state index in [0.717, 1.165) is 37.5 Å². The number of hydrogen-bond donors (Lipinski definition) is 2. The summed E-state index contributed by atoms with van der Waals surface area (Å²) in [6.45, 7) is 2.92. The Morgan fingerprint density at radius 1 is 1.47 bits per heavy atom. The topological polar surface area (TPSA) is 41.1 Å². The van der Waals surface area contributed by atoms with Crippen LogP contribution in [0.1, 0.15) is 39.0 Å². The Labute approximate surface area is 96.8 Å². The second-order valence-corrected chi connectivity index (χ2v) is 5.26. The van der Waals surface area contributed by atoms with E-state index in [0.29, 0.717) is 6.04 Å². The van der Waals surface area contributed by atoms with Gasteiger partial charge in [0.1, 0.15) is 0 Å². The summed E-state index contributed by atoms with van der Waals surface area (Å²) in [6.07, 6.45) is 7.83. The summed E-state index contributed by atoms with van der Waals surface area (Å²) >= 11 is 1.91.